The number of nitrogens with zero attached hydrogens (tertiary/aromatic N) is 3. The van der Waals surface area contributed by atoms with Gasteiger partial charge in [-0.25, -0.2) is 4.98 Å². The van der Waals surface area contributed by atoms with Crippen molar-refractivity contribution in [3.8, 4) is 11.1 Å². The Labute approximate surface area is 204 Å². The van der Waals surface area contributed by atoms with Crippen LogP contribution in [0.2, 0.25) is 0 Å². The number of hydrogen-bond donors (Lipinski definition) is 2. The van der Waals surface area contributed by atoms with Crippen molar-refractivity contribution in [1.82, 2.24) is 14.9 Å². The fraction of sp³-hybridized carbons (Fsp3) is 0.464. The first kappa shape index (κ1) is 21.0. The third kappa shape index (κ3) is 3.77. The van der Waals surface area contributed by atoms with Crippen LogP contribution in [0.4, 0.5) is 11.5 Å². The van der Waals surface area contributed by atoms with Gasteiger partial charge in [-0.15, -0.1) is 0 Å². The molecule has 4 aliphatic rings. The highest BCUT2D eigenvalue weighted by Gasteiger charge is 2.45. The number of amides is 1. The van der Waals surface area contributed by atoms with Gasteiger partial charge in [-0.05, 0) is 68.2 Å². The number of carbonyl (C=O) groups is 1. The van der Waals surface area contributed by atoms with Gasteiger partial charge in [0, 0.05) is 54.0 Å². The number of pyridine rings is 2. The predicted molar refractivity (Wildman–Crippen MR) is 137 cm³/mol. The Morgan fingerprint density at radius 2 is 1.83 bits per heavy atom. The van der Waals surface area contributed by atoms with Gasteiger partial charge in [0.2, 0.25) is 11.5 Å². The van der Waals surface area contributed by atoms with Gasteiger partial charge in [0.1, 0.15) is 0 Å². The van der Waals surface area contributed by atoms with Crippen LogP contribution in [0, 0.1) is 11.8 Å². The monoisotopic (exact) mass is 469 g/mol. The zero-order valence-corrected chi connectivity index (χ0v) is 19.9. The number of anilines is 2. The van der Waals surface area contributed by atoms with E-state index in [4.69, 9.17) is 10.7 Å². The van der Waals surface area contributed by atoms with Gasteiger partial charge in [0.15, 0.2) is 5.82 Å². The van der Waals surface area contributed by atoms with Crippen molar-refractivity contribution in [2.45, 2.75) is 50.5 Å². The van der Waals surface area contributed by atoms with Crippen molar-refractivity contribution in [2.75, 3.05) is 30.3 Å². The zero-order valence-electron chi connectivity index (χ0n) is 19.9. The molecule has 180 valence electrons. The van der Waals surface area contributed by atoms with E-state index in [1.165, 1.54) is 12.8 Å². The van der Waals surface area contributed by atoms with Crippen LogP contribution in [0.15, 0.2) is 41.2 Å². The first-order chi connectivity index (χ1) is 17.1. The molecule has 3 aromatic rings. The average molecular weight is 470 g/mol. The first-order valence-corrected chi connectivity index (χ1v) is 13.0. The van der Waals surface area contributed by atoms with E-state index in [1.807, 2.05) is 18.2 Å². The second-order valence-corrected chi connectivity index (χ2v) is 10.9. The van der Waals surface area contributed by atoms with Gasteiger partial charge in [-0.1, -0.05) is 12.1 Å². The molecule has 0 radical (unpaired) electrons. The molecule has 1 amide bonds. The maximum absolute atomic E-state index is 12.9. The van der Waals surface area contributed by atoms with Gasteiger partial charge in [0.05, 0.1) is 17.4 Å². The largest absolute Gasteiger partial charge is 0.396 e. The standard InChI is InChI=1S/C28H31N5O2/c29-22-14-21(19-2-1-3-23-20(19)10-11-25(34)30-23)26(17-6-7-17)31-27(22)32-12-13-33(28(35)18-8-9-18)24(15-32)16-4-5-16/h1-3,10-11,14,16-18,24H,4-9,12-13,15,29H2,(H,30,34)/t24-/m0/s1. The van der Waals surface area contributed by atoms with E-state index in [1.54, 1.807) is 6.07 Å². The number of fused-ring (bicyclic) bond motifs is 1. The number of hydrogen-bond acceptors (Lipinski definition) is 5. The topological polar surface area (TPSA) is 95.3 Å². The second kappa shape index (κ2) is 7.83. The number of aromatic nitrogens is 2. The molecule has 4 fully saturated rings. The smallest absolute Gasteiger partial charge is 0.248 e. The maximum atomic E-state index is 12.9. The minimum Gasteiger partial charge on any atom is -0.396 e. The molecule has 1 saturated heterocycles. The van der Waals surface area contributed by atoms with Gasteiger partial charge in [0.25, 0.3) is 0 Å². The molecule has 0 spiro atoms. The number of nitrogen functional groups attached to an aromatic ring is 1. The lowest BCUT2D eigenvalue weighted by molar-refractivity contribution is -0.135. The highest BCUT2D eigenvalue weighted by molar-refractivity contribution is 5.96. The summed E-state index contributed by atoms with van der Waals surface area (Å²) in [6, 6.07) is 11.8. The van der Waals surface area contributed by atoms with Crippen LogP contribution in [-0.2, 0) is 4.79 Å². The number of nitrogens with one attached hydrogen (secondary N) is 1. The Bertz CT molecular complexity index is 1390. The summed E-state index contributed by atoms with van der Waals surface area (Å²) in [5.74, 6) is 2.56. The summed E-state index contributed by atoms with van der Waals surface area (Å²) in [6.45, 7) is 2.35. The van der Waals surface area contributed by atoms with Crippen LogP contribution < -0.4 is 16.2 Å². The van der Waals surface area contributed by atoms with Crippen molar-refractivity contribution in [2.24, 2.45) is 11.8 Å². The number of H-pyrrole nitrogens is 1. The van der Waals surface area contributed by atoms with Gasteiger partial charge < -0.3 is 20.5 Å². The molecular formula is C28H31N5O2. The van der Waals surface area contributed by atoms with E-state index in [9.17, 15) is 9.59 Å². The summed E-state index contributed by atoms with van der Waals surface area (Å²) in [5, 5.41) is 1.00. The molecule has 7 heteroatoms. The van der Waals surface area contributed by atoms with Crippen LogP contribution >= 0.6 is 0 Å². The zero-order chi connectivity index (χ0) is 23.7. The summed E-state index contributed by atoms with van der Waals surface area (Å²) in [4.78, 5) is 37.5. The molecule has 7 rings (SSSR count). The third-order valence-corrected chi connectivity index (χ3v) is 8.17. The van der Waals surface area contributed by atoms with E-state index >= 15 is 0 Å². The van der Waals surface area contributed by atoms with Crippen molar-refractivity contribution in [3.05, 3.63) is 52.4 Å². The van der Waals surface area contributed by atoms with E-state index in [0.717, 1.165) is 78.9 Å². The van der Waals surface area contributed by atoms with Crippen LogP contribution in [0.5, 0.6) is 0 Å². The Kier molecular flexibility index (Phi) is 4.69. The lowest BCUT2D eigenvalue weighted by Crippen LogP contribution is -2.57. The Morgan fingerprint density at radius 1 is 1.00 bits per heavy atom. The molecule has 35 heavy (non-hydrogen) atoms. The van der Waals surface area contributed by atoms with Crippen LogP contribution in [0.1, 0.15) is 50.1 Å². The Morgan fingerprint density at radius 3 is 2.57 bits per heavy atom. The SMILES string of the molecule is Nc1cc(-c2cccc3[nH]c(=O)ccc23)c(C2CC2)nc1N1CCN(C(=O)C2CC2)[C@H](C2CC2)C1. The molecule has 3 heterocycles. The number of aromatic amines is 1. The number of benzene rings is 1. The van der Waals surface area contributed by atoms with Gasteiger partial charge >= 0.3 is 0 Å². The summed E-state index contributed by atoms with van der Waals surface area (Å²) in [5.41, 5.74) is 11.3. The van der Waals surface area contributed by atoms with Crippen molar-refractivity contribution in [3.63, 3.8) is 0 Å². The molecular weight excluding hydrogens is 438 g/mol. The quantitative estimate of drug-likeness (QED) is 0.591. The summed E-state index contributed by atoms with van der Waals surface area (Å²) < 4.78 is 0. The minimum atomic E-state index is -0.102. The van der Waals surface area contributed by atoms with Gasteiger partial charge in [-0.2, -0.15) is 0 Å². The number of rotatable bonds is 5. The summed E-state index contributed by atoms with van der Waals surface area (Å²) in [6.07, 6.45) is 6.81. The maximum Gasteiger partial charge on any atom is 0.248 e. The molecule has 1 atom stereocenters. The lowest BCUT2D eigenvalue weighted by Gasteiger charge is -2.43. The van der Waals surface area contributed by atoms with Crippen molar-refractivity contribution >= 4 is 28.3 Å². The fourth-order valence-corrected chi connectivity index (χ4v) is 5.82. The second-order valence-electron chi connectivity index (χ2n) is 10.9. The minimum absolute atomic E-state index is 0.102. The average Bonchev–Trinajstić information content (AvgIpc) is 3.72. The summed E-state index contributed by atoms with van der Waals surface area (Å²) in [7, 11) is 0. The van der Waals surface area contributed by atoms with Gasteiger partial charge in [-0.3, -0.25) is 9.59 Å². The molecule has 3 saturated carbocycles. The molecule has 2 aromatic heterocycles. The third-order valence-electron chi connectivity index (χ3n) is 8.17. The fourth-order valence-electron chi connectivity index (χ4n) is 5.82. The number of nitrogens with two attached hydrogens (primary N) is 1. The molecule has 1 aliphatic heterocycles. The number of piperazine rings is 1. The van der Waals surface area contributed by atoms with E-state index in [2.05, 4.69) is 26.9 Å². The van der Waals surface area contributed by atoms with Crippen LogP contribution in [-0.4, -0.2) is 46.5 Å². The van der Waals surface area contributed by atoms with Crippen molar-refractivity contribution in [1.29, 1.82) is 0 Å². The molecule has 3 N–H and O–H groups in total. The highest BCUT2D eigenvalue weighted by atomic mass is 16.2. The normalized spacial score (nSPS) is 22.6. The van der Waals surface area contributed by atoms with Crippen LogP contribution in [0.3, 0.4) is 0 Å². The molecule has 0 bridgehead atoms. The van der Waals surface area contributed by atoms with E-state index < -0.39 is 0 Å². The molecule has 3 aliphatic carbocycles. The highest BCUT2D eigenvalue weighted by Crippen LogP contribution is 2.47. The first-order valence-electron chi connectivity index (χ1n) is 13.0. The lowest BCUT2D eigenvalue weighted by atomic mass is 9.96. The molecule has 7 nitrogen and oxygen atoms in total. The van der Waals surface area contributed by atoms with E-state index in [-0.39, 0.29) is 17.5 Å². The number of carbonyl (C=O) groups excluding carboxylic acids is 1. The van der Waals surface area contributed by atoms with E-state index in [0.29, 0.717) is 23.4 Å². The Balaban J connectivity index is 1.26. The summed E-state index contributed by atoms with van der Waals surface area (Å²) >= 11 is 0. The molecule has 0 unspecified atom stereocenters. The Hall–Kier alpha value is -3.35. The molecule has 1 aromatic carbocycles. The van der Waals surface area contributed by atoms with Crippen molar-refractivity contribution < 1.29 is 4.79 Å². The van der Waals surface area contributed by atoms with Crippen LogP contribution in [0.25, 0.3) is 22.0 Å². The predicted octanol–water partition coefficient (Wildman–Crippen LogP) is 3.89.